The predicted molar refractivity (Wildman–Crippen MR) is 173 cm³/mol. The molecule has 4 aliphatic carbocycles. The third kappa shape index (κ3) is 5.59. The molecule has 8 atom stereocenters. The molecule has 4 aliphatic rings. The quantitative estimate of drug-likeness (QED) is 0.205. The molecule has 2 N–H and O–H groups in total. The summed E-state index contributed by atoms with van der Waals surface area (Å²) in [4.78, 5) is 0.166. The van der Waals surface area contributed by atoms with Gasteiger partial charge in [0.1, 0.15) is 0 Å². The first-order valence-electron chi connectivity index (χ1n) is 17.1. The van der Waals surface area contributed by atoms with Crippen molar-refractivity contribution in [2.45, 2.75) is 130 Å². The summed E-state index contributed by atoms with van der Waals surface area (Å²) in [5.41, 5.74) is 5.29. The SMILES string of the molecule is Cc1ccc(S(=O)(=O)OCC(CO)CCC[C@@H](C)[C@H]2CC[C@@]3(C)C4=C(CC[C@]23C)[C@@]2(C)CC[C@H](O)C(C)(C)[C@@H]2CC4)cc1. The van der Waals surface area contributed by atoms with Gasteiger partial charge in [0, 0.05) is 12.5 Å². The summed E-state index contributed by atoms with van der Waals surface area (Å²) in [7, 11) is -3.82. The third-order valence-electron chi connectivity index (χ3n) is 13.8. The number of aryl methyl sites for hydroxylation is 1. The minimum atomic E-state index is -3.82. The second kappa shape index (κ2) is 11.9. The Bertz CT molecular complexity index is 1300. The predicted octanol–water partition coefficient (Wildman–Crippen LogP) is 8.23. The molecule has 0 radical (unpaired) electrons. The molecule has 0 aromatic heterocycles. The fourth-order valence-electron chi connectivity index (χ4n) is 10.7. The van der Waals surface area contributed by atoms with Gasteiger partial charge in [-0.2, -0.15) is 8.42 Å². The normalized spacial score (nSPS) is 36.9. The lowest BCUT2D eigenvalue weighted by Gasteiger charge is -2.62. The Kier molecular flexibility index (Phi) is 9.15. The lowest BCUT2D eigenvalue weighted by molar-refractivity contribution is -0.0962. The first-order valence-corrected chi connectivity index (χ1v) is 18.5. The monoisotopic (exact) mass is 614 g/mol. The highest BCUT2D eigenvalue weighted by atomic mass is 32.2. The van der Waals surface area contributed by atoms with Crippen molar-refractivity contribution in [1.29, 1.82) is 0 Å². The Morgan fingerprint density at radius 3 is 2.30 bits per heavy atom. The minimum Gasteiger partial charge on any atom is -0.396 e. The zero-order valence-electron chi connectivity index (χ0n) is 27.9. The fourth-order valence-corrected chi connectivity index (χ4v) is 11.7. The van der Waals surface area contributed by atoms with Gasteiger partial charge in [-0.15, -0.1) is 0 Å². The molecule has 1 aromatic carbocycles. The van der Waals surface area contributed by atoms with Crippen LogP contribution in [0.2, 0.25) is 0 Å². The number of benzene rings is 1. The third-order valence-corrected chi connectivity index (χ3v) is 15.1. The van der Waals surface area contributed by atoms with Gasteiger partial charge in [-0.1, -0.05) is 83.2 Å². The number of allylic oxidation sites excluding steroid dienone is 2. The number of aliphatic hydroxyl groups is 2. The fraction of sp³-hybridized carbons (Fsp3) is 0.784. The van der Waals surface area contributed by atoms with E-state index in [1.54, 1.807) is 35.4 Å². The maximum Gasteiger partial charge on any atom is 0.296 e. The number of aliphatic hydroxyl groups excluding tert-OH is 2. The summed E-state index contributed by atoms with van der Waals surface area (Å²) in [5, 5.41) is 20.9. The Morgan fingerprint density at radius 1 is 0.930 bits per heavy atom. The second-order valence-corrected chi connectivity index (χ2v) is 17.9. The largest absolute Gasteiger partial charge is 0.396 e. The van der Waals surface area contributed by atoms with Gasteiger partial charge in [-0.25, -0.2) is 0 Å². The smallest absolute Gasteiger partial charge is 0.296 e. The van der Waals surface area contributed by atoms with Crippen molar-refractivity contribution in [1.82, 2.24) is 0 Å². The van der Waals surface area contributed by atoms with E-state index in [-0.39, 0.29) is 46.4 Å². The van der Waals surface area contributed by atoms with E-state index in [1.165, 1.54) is 38.5 Å². The number of hydrogen-bond acceptors (Lipinski definition) is 5. The van der Waals surface area contributed by atoms with E-state index in [4.69, 9.17) is 4.18 Å². The van der Waals surface area contributed by atoms with Gasteiger partial charge in [-0.3, -0.25) is 4.18 Å². The molecule has 5 rings (SSSR count). The molecule has 0 aliphatic heterocycles. The summed E-state index contributed by atoms with van der Waals surface area (Å²) < 4.78 is 30.7. The van der Waals surface area contributed by atoms with Crippen LogP contribution in [-0.2, 0) is 14.3 Å². The van der Waals surface area contributed by atoms with Crippen molar-refractivity contribution in [2.24, 2.45) is 45.3 Å². The topological polar surface area (TPSA) is 83.8 Å². The molecule has 0 bridgehead atoms. The molecule has 242 valence electrons. The maximum atomic E-state index is 12.6. The van der Waals surface area contributed by atoms with E-state index in [0.29, 0.717) is 23.2 Å². The van der Waals surface area contributed by atoms with Crippen LogP contribution in [0.3, 0.4) is 0 Å². The molecule has 6 heteroatoms. The summed E-state index contributed by atoms with van der Waals surface area (Å²) >= 11 is 0. The first-order chi connectivity index (χ1) is 20.1. The Labute approximate surface area is 262 Å². The highest BCUT2D eigenvalue weighted by Crippen LogP contribution is 2.72. The van der Waals surface area contributed by atoms with Crippen molar-refractivity contribution < 1.29 is 22.8 Å². The standard InChI is InChI=1S/C37H58O5S/c1-25-11-13-28(14-12-25)43(40,41)42-24-27(23-38)10-8-9-26(2)29-17-21-37(7)31-15-16-32-34(3,4)33(39)19-20-35(32,5)30(31)18-22-36(29,37)6/h11-14,26-27,29,32-33,38-39H,8-10,15-24H2,1-7H3/t26-,27?,29-,32+,33+,35-,36-,37+/m1/s1. The van der Waals surface area contributed by atoms with E-state index in [9.17, 15) is 18.6 Å². The molecule has 0 saturated heterocycles. The Morgan fingerprint density at radius 2 is 1.63 bits per heavy atom. The Balaban J connectivity index is 1.22. The summed E-state index contributed by atoms with van der Waals surface area (Å²) in [6, 6.07) is 6.69. The first kappa shape index (κ1) is 33.2. The highest BCUT2D eigenvalue weighted by molar-refractivity contribution is 7.86. The van der Waals surface area contributed by atoms with Crippen LogP contribution in [0, 0.1) is 52.3 Å². The molecule has 2 fully saturated rings. The van der Waals surface area contributed by atoms with Gasteiger partial charge in [0.05, 0.1) is 17.6 Å². The van der Waals surface area contributed by atoms with Crippen LogP contribution in [0.25, 0.3) is 0 Å². The van der Waals surface area contributed by atoms with Crippen molar-refractivity contribution in [2.75, 3.05) is 13.2 Å². The van der Waals surface area contributed by atoms with E-state index in [1.807, 2.05) is 6.92 Å². The van der Waals surface area contributed by atoms with E-state index >= 15 is 0 Å². The second-order valence-electron chi connectivity index (χ2n) is 16.2. The lowest BCUT2D eigenvalue weighted by Crippen LogP contribution is -2.55. The zero-order valence-corrected chi connectivity index (χ0v) is 28.7. The van der Waals surface area contributed by atoms with Crippen LogP contribution < -0.4 is 0 Å². The van der Waals surface area contributed by atoms with Gasteiger partial charge in [0.25, 0.3) is 10.1 Å². The number of hydrogen-bond donors (Lipinski definition) is 2. The molecule has 0 heterocycles. The molecule has 2 saturated carbocycles. The van der Waals surface area contributed by atoms with Gasteiger partial charge in [-0.05, 0) is 116 Å². The molecule has 5 nitrogen and oxygen atoms in total. The number of fused-ring (bicyclic) bond motifs is 4. The summed E-state index contributed by atoms with van der Waals surface area (Å²) in [5.74, 6) is 1.63. The van der Waals surface area contributed by atoms with Crippen molar-refractivity contribution in [3.05, 3.63) is 41.0 Å². The van der Waals surface area contributed by atoms with E-state index < -0.39 is 10.1 Å². The van der Waals surface area contributed by atoms with Crippen molar-refractivity contribution >= 4 is 10.1 Å². The molecule has 1 unspecified atom stereocenters. The van der Waals surface area contributed by atoms with Crippen molar-refractivity contribution in [3.8, 4) is 0 Å². The lowest BCUT2D eigenvalue weighted by atomic mass is 9.43. The van der Waals surface area contributed by atoms with Crippen LogP contribution in [-0.4, -0.2) is 37.9 Å². The molecule has 1 aromatic rings. The molecule has 0 amide bonds. The maximum absolute atomic E-state index is 12.6. The number of rotatable bonds is 10. The van der Waals surface area contributed by atoms with Crippen molar-refractivity contribution in [3.63, 3.8) is 0 Å². The Hall–Kier alpha value is -1.21. The minimum absolute atomic E-state index is 0.0187. The average Bonchev–Trinajstić information content (AvgIpc) is 3.24. The van der Waals surface area contributed by atoms with Crippen LogP contribution in [0.5, 0.6) is 0 Å². The van der Waals surface area contributed by atoms with Crippen LogP contribution in [0.1, 0.15) is 118 Å². The summed E-state index contributed by atoms with van der Waals surface area (Å²) in [6.45, 7) is 16.6. The van der Waals surface area contributed by atoms with E-state index in [0.717, 1.165) is 37.7 Å². The van der Waals surface area contributed by atoms with Gasteiger partial charge in [0.15, 0.2) is 0 Å². The van der Waals surface area contributed by atoms with Crippen LogP contribution in [0.15, 0.2) is 40.3 Å². The molecular weight excluding hydrogens is 556 g/mol. The zero-order chi connectivity index (χ0) is 31.4. The average molecular weight is 615 g/mol. The van der Waals surface area contributed by atoms with Crippen LogP contribution >= 0.6 is 0 Å². The molecular formula is C37H58O5S. The highest BCUT2D eigenvalue weighted by Gasteiger charge is 2.63. The molecule has 43 heavy (non-hydrogen) atoms. The van der Waals surface area contributed by atoms with Gasteiger partial charge in [0.2, 0.25) is 0 Å². The summed E-state index contributed by atoms with van der Waals surface area (Å²) in [6.07, 6.45) is 12.1. The molecule has 0 spiro atoms. The van der Waals surface area contributed by atoms with E-state index in [2.05, 4.69) is 41.5 Å². The van der Waals surface area contributed by atoms with Gasteiger partial charge >= 0.3 is 0 Å². The van der Waals surface area contributed by atoms with Gasteiger partial charge < -0.3 is 10.2 Å². The van der Waals surface area contributed by atoms with Crippen LogP contribution in [0.4, 0.5) is 0 Å².